The zero-order valence-corrected chi connectivity index (χ0v) is 14.1. The van der Waals surface area contributed by atoms with Gasteiger partial charge in [-0.3, -0.25) is 4.79 Å². The molecule has 2 rings (SSSR count). The molecular weight excluding hydrogens is 298 g/mol. The molecule has 1 aromatic carbocycles. The van der Waals surface area contributed by atoms with Crippen LogP contribution in [-0.4, -0.2) is 38.4 Å². The Morgan fingerprint density at radius 2 is 2.00 bits per heavy atom. The van der Waals surface area contributed by atoms with E-state index in [1.165, 1.54) is 11.8 Å². The molecule has 1 amide bonds. The summed E-state index contributed by atoms with van der Waals surface area (Å²) in [6.45, 7) is 6.08. The molecule has 0 fully saturated rings. The summed E-state index contributed by atoms with van der Waals surface area (Å²) in [4.78, 5) is 12.2. The van der Waals surface area contributed by atoms with E-state index in [1.54, 1.807) is 11.7 Å². The fourth-order valence-corrected chi connectivity index (χ4v) is 3.23. The lowest BCUT2D eigenvalue weighted by molar-refractivity contribution is -0.120. The number of amides is 1. The normalized spacial score (nSPS) is 12.9. The topological polar surface area (TPSA) is 72.7 Å². The van der Waals surface area contributed by atoms with Crippen LogP contribution in [0.15, 0.2) is 35.5 Å². The highest BCUT2D eigenvalue weighted by atomic mass is 32.2. The lowest BCUT2D eigenvalue weighted by Gasteiger charge is -2.21. The van der Waals surface area contributed by atoms with Gasteiger partial charge in [-0.1, -0.05) is 42.1 Å². The van der Waals surface area contributed by atoms with Gasteiger partial charge < -0.3 is 5.32 Å². The van der Waals surface area contributed by atoms with E-state index in [0.29, 0.717) is 11.6 Å². The molecule has 6 nitrogen and oxygen atoms in total. The lowest BCUT2D eigenvalue weighted by atomic mass is 10.1. The van der Waals surface area contributed by atoms with Crippen LogP contribution in [0, 0.1) is 0 Å². The first-order valence-corrected chi connectivity index (χ1v) is 8.01. The molecule has 118 valence electrons. The van der Waals surface area contributed by atoms with Gasteiger partial charge in [0.2, 0.25) is 11.1 Å². The summed E-state index contributed by atoms with van der Waals surface area (Å²) in [6, 6.07) is 9.94. The largest absolute Gasteiger partial charge is 0.358 e. The highest BCUT2D eigenvalue weighted by Crippen LogP contribution is 2.27. The zero-order valence-electron chi connectivity index (χ0n) is 13.3. The molecule has 1 N–H and O–H groups in total. The summed E-state index contributed by atoms with van der Waals surface area (Å²) >= 11 is 1.39. The van der Waals surface area contributed by atoms with Crippen molar-refractivity contribution in [3.63, 3.8) is 0 Å². The van der Waals surface area contributed by atoms with Crippen LogP contribution in [0.4, 0.5) is 0 Å². The lowest BCUT2D eigenvalue weighted by Crippen LogP contribution is -2.32. The molecule has 0 aliphatic heterocycles. The van der Waals surface area contributed by atoms with E-state index in [-0.39, 0.29) is 16.7 Å². The van der Waals surface area contributed by atoms with Gasteiger partial charge in [0.15, 0.2) is 0 Å². The number of benzene rings is 1. The Labute approximate surface area is 134 Å². The molecule has 1 aromatic heterocycles. The van der Waals surface area contributed by atoms with E-state index in [9.17, 15) is 4.79 Å². The molecule has 2 aromatic rings. The first-order chi connectivity index (χ1) is 10.4. The van der Waals surface area contributed by atoms with Crippen LogP contribution < -0.4 is 5.32 Å². The second-order valence-corrected chi connectivity index (χ2v) is 7.12. The van der Waals surface area contributed by atoms with E-state index in [1.807, 2.05) is 51.1 Å². The first kappa shape index (κ1) is 16.5. The van der Waals surface area contributed by atoms with Crippen LogP contribution in [0.2, 0.25) is 0 Å². The molecule has 0 saturated heterocycles. The summed E-state index contributed by atoms with van der Waals surface area (Å²) in [6.07, 6.45) is 0.627. The monoisotopic (exact) mass is 319 g/mol. The molecule has 0 aliphatic rings. The smallest absolute Gasteiger partial charge is 0.233 e. The maximum absolute atomic E-state index is 12.2. The van der Waals surface area contributed by atoms with E-state index in [4.69, 9.17) is 0 Å². The Morgan fingerprint density at radius 1 is 1.32 bits per heavy atom. The average Bonchev–Trinajstić information content (AvgIpc) is 2.95. The number of thioether (sulfide) groups is 1. The van der Waals surface area contributed by atoms with Crippen molar-refractivity contribution in [1.82, 2.24) is 25.5 Å². The third kappa shape index (κ3) is 4.07. The van der Waals surface area contributed by atoms with Crippen molar-refractivity contribution < 1.29 is 4.79 Å². The highest BCUT2D eigenvalue weighted by molar-refractivity contribution is 8.00. The summed E-state index contributed by atoms with van der Waals surface area (Å²) in [7, 11) is 1.65. The van der Waals surface area contributed by atoms with E-state index < -0.39 is 0 Å². The van der Waals surface area contributed by atoms with Gasteiger partial charge in [-0.05, 0) is 43.2 Å². The van der Waals surface area contributed by atoms with Crippen molar-refractivity contribution >= 4 is 17.7 Å². The minimum Gasteiger partial charge on any atom is -0.358 e. The molecule has 7 heteroatoms. The van der Waals surface area contributed by atoms with Gasteiger partial charge in [-0.2, -0.15) is 0 Å². The number of hydrogen-bond donors (Lipinski definition) is 1. The molecule has 1 heterocycles. The second kappa shape index (κ2) is 6.91. The Hall–Kier alpha value is -1.89. The van der Waals surface area contributed by atoms with E-state index in [0.717, 1.165) is 5.56 Å². The molecule has 0 aliphatic carbocycles. The second-order valence-electron chi connectivity index (χ2n) is 5.95. The Kier molecular flexibility index (Phi) is 5.18. The van der Waals surface area contributed by atoms with Gasteiger partial charge in [0.25, 0.3) is 0 Å². The maximum Gasteiger partial charge on any atom is 0.233 e. The Bertz CT molecular complexity index is 620. The SMILES string of the molecule is CNC(=O)[C@@H](Cc1ccccc1)Sc1nnnn1C(C)(C)C. The number of aromatic nitrogens is 4. The predicted molar refractivity (Wildman–Crippen MR) is 86.7 cm³/mol. The molecule has 0 spiro atoms. The molecule has 0 radical (unpaired) electrons. The Morgan fingerprint density at radius 3 is 2.59 bits per heavy atom. The van der Waals surface area contributed by atoms with E-state index in [2.05, 4.69) is 20.8 Å². The number of tetrazole rings is 1. The third-order valence-electron chi connectivity index (χ3n) is 3.13. The number of nitrogens with zero attached hydrogens (tertiary/aromatic N) is 4. The first-order valence-electron chi connectivity index (χ1n) is 7.13. The van der Waals surface area contributed by atoms with Gasteiger partial charge in [0.1, 0.15) is 0 Å². The number of rotatable bonds is 5. The van der Waals surface area contributed by atoms with Crippen LogP contribution in [0.3, 0.4) is 0 Å². The van der Waals surface area contributed by atoms with Crippen molar-refractivity contribution in [2.45, 2.75) is 43.1 Å². The number of carbonyl (C=O) groups excluding carboxylic acids is 1. The van der Waals surface area contributed by atoms with Crippen LogP contribution in [0.25, 0.3) is 0 Å². The number of hydrogen-bond acceptors (Lipinski definition) is 5. The summed E-state index contributed by atoms with van der Waals surface area (Å²) < 4.78 is 1.75. The van der Waals surface area contributed by atoms with Gasteiger partial charge >= 0.3 is 0 Å². The van der Waals surface area contributed by atoms with Crippen LogP contribution in [-0.2, 0) is 16.8 Å². The molecule has 0 unspecified atom stereocenters. The molecule has 1 atom stereocenters. The number of carbonyl (C=O) groups is 1. The highest BCUT2D eigenvalue weighted by Gasteiger charge is 2.26. The van der Waals surface area contributed by atoms with Crippen molar-refractivity contribution in [3.05, 3.63) is 35.9 Å². The fraction of sp³-hybridized carbons (Fsp3) is 0.467. The van der Waals surface area contributed by atoms with Gasteiger partial charge in [-0.15, -0.1) is 5.10 Å². The summed E-state index contributed by atoms with van der Waals surface area (Å²) in [5, 5.41) is 14.9. The van der Waals surface area contributed by atoms with Crippen molar-refractivity contribution in [2.24, 2.45) is 0 Å². The predicted octanol–water partition coefficient (Wildman–Crippen LogP) is 1.88. The zero-order chi connectivity index (χ0) is 16.2. The fourth-order valence-electron chi connectivity index (χ4n) is 1.98. The molecule has 0 bridgehead atoms. The maximum atomic E-state index is 12.2. The van der Waals surface area contributed by atoms with Crippen LogP contribution in [0.5, 0.6) is 0 Å². The minimum atomic E-state index is -0.278. The number of nitrogens with one attached hydrogen (secondary N) is 1. The molecular formula is C15H21N5OS. The average molecular weight is 319 g/mol. The third-order valence-corrected chi connectivity index (χ3v) is 4.26. The van der Waals surface area contributed by atoms with Crippen LogP contribution in [0.1, 0.15) is 26.3 Å². The molecule has 0 saturated carbocycles. The van der Waals surface area contributed by atoms with Gasteiger partial charge in [0, 0.05) is 7.05 Å². The van der Waals surface area contributed by atoms with Crippen LogP contribution >= 0.6 is 11.8 Å². The summed E-state index contributed by atoms with van der Waals surface area (Å²) in [5.74, 6) is -0.0303. The summed E-state index contributed by atoms with van der Waals surface area (Å²) in [5.41, 5.74) is 0.879. The van der Waals surface area contributed by atoms with E-state index >= 15 is 0 Å². The van der Waals surface area contributed by atoms with Crippen molar-refractivity contribution in [2.75, 3.05) is 7.05 Å². The molecule has 22 heavy (non-hydrogen) atoms. The van der Waals surface area contributed by atoms with Gasteiger partial charge in [-0.25, -0.2) is 4.68 Å². The Balaban J connectivity index is 2.21. The van der Waals surface area contributed by atoms with Gasteiger partial charge in [0.05, 0.1) is 10.8 Å². The van der Waals surface area contributed by atoms with Crippen molar-refractivity contribution in [1.29, 1.82) is 0 Å². The quantitative estimate of drug-likeness (QED) is 0.852. The van der Waals surface area contributed by atoms with Crippen molar-refractivity contribution in [3.8, 4) is 0 Å². The standard InChI is InChI=1S/C15H21N5OS/c1-15(2,3)20-14(17-18-19-20)22-12(13(21)16-4)10-11-8-6-5-7-9-11/h5-9,12H,10H2,1-4H3,(H,16,21)/t12-/m1/s1. The minimum absolute atomic E-state index is 0.0303.